The van der Waals surface area contributed by atoms with Crippen LogP contribution in [0.15, 0.2) is 23.4 Å². The van der Waals surface area contributed by atoms with E-state index in [0.29, 0.717) is 0 Å². The lowest BCUT2D eigenvalue weighted by Crippen LogP contribution is -2.40. The van der Waals surface area contributed by atoms with Crippen molar-refractivity contribution in [1.29, 1.82) is 0 Å². The van der Waals surface area contributed by atoms with Gasteiger partial charge in [-0.3, -0.25) is 0 Å². The molecule has 0 unspecified atom stereocenters. The Morgan fingerprint density at radius 3 is 2.33 bits per heavy atom. The molecule has 0 aromatic carbocycles. The Hall–Kier alpha value is -1.72. The maximum absolute atomic E-state index is 12.4. The number of alkyl halides is 3. The van der Waals surface area contributed by atoms with Crippen molar-refractivity contribution in [2.24, 2.45) is 0 Å². The van der Waals surface area contributed by atoms with Crippen molar-refractivity contribution < 1.29 is 36.6 Å². The van der Waals surface area contributed by atoms with Crippen molar-refractivity contribution in [3.05, 3.63) is 23.9 Å². The molecular formula is C10H11F3N2O5S. The fraction of sp³-hybridized carbons (Fsp3) is 0.400. The SMILES string of the molecule is O=C(O)c1ccc(S(=O)(=O)N(CCO)CC(F)(F)F)nc1. The Morgan fingerprint density at radius 2 is 1.95 bits per heavy atom. The first-order valence-corrected chi connectivity index (χ1v) is 6.89. The van der Waals surface area contributed by atoms with E-state index in [9.17, 15) is 26.4 Å². The molecule has 0 radical (unpaired) electrons. The molecule has 0 bridgehead atoms. The number of aromatic carboxylic acids is 1. The Balaban J connectivity index is 3.13. The molecule has 0 saturated carbocycles. The Kier molecular flexibility index (Phi) is 5.25. The number of aromatic nitrogens is 1. The quantitative estimate of drug-likeness (QED) is 0.779. The first-order chi connectivity index (χ1) is 9.58. The van der Waals surface area contributed by atoms with Crippen molar-refractivity contribution in [2.45, 2.75) is 11.2 Å². The molecule has 0 aliphatic rings. The number of sulfonamides is 1. The van der Waals surface area contributed by atoms with Crippen molar-refractivity contribution in [1.82, 2.24) is 9.29 Å². The molecule has 2 N–H and O–H groups in total. The van der Waals surface area contributed by atoms with Crippen LogP contribution in [0.5, 0.6) is 0 Å². The zero-order chi connectivity index (χ0) is 16.3. The second-order valence-corrected chi connectivity index (χ2v) is 5.75. The maximum Gasteiger partial charge on any atom is 0.402 e. The van der Waals surface area contributed by atoms with Crippen LogP contribution in [0.2, 0.25) is 0 Å². The smallest absolute Gasteiger partial charge is 0.402 e. The van der Waals surface area contributed by atoms with Crippen LogP contribution in [0.1, 0.15) is 10.4 Å². The fourth-order valence-electron chi connectivity index (χ4n) is 1.39. The summed E-state index contributed by atoms with van der Waals surface area (Å²) in [5, 5.41) is 16.6. The topological polar surface area (TPSA) is 108 Å². The molecule has 21 heavy (non-hydrogen) atoms. The van der Waals surface area contributed by atoms with Crippen LogP contribution in [-0.2, 0) is 10.0 Å². The van der Waals surface area contributed by atoms with Gasteiger partial charge in [0.2, 0.25) is 0 Å². The van der Waals surface area contributed by atoms with E-state index in [-0.39, 0.29) is 9.87 Å². The van der Waals surface area contributed by atoms with Crippen LogP contribution >= 0.6 is 0 Å². The van der Waals surface area contributed by atoms with Gasteiger partial charge in [0.1, 0.15) is 6.54 Å². The van der Waals surface area contributed by atoms with Gasteiger partial charge < -0.3 is 10.2 Å². The van der Waals surface area contributed by atoms with Gasteiger partial charge in [-0.25, -0.2) is 18.2 Å². The number of carboxylic acid groups (broad SMARTS) is 1. The number of carbonyl (C=O) groups is 1. The van der Waals surface area contributed by atoms with E-state index < -0.39 is 46.9 Å². The molecule has 0 atom stereocenters. The maximum atomic E-state index is 12.4. The highest BCUT2D eigenvalue weighted by molar-refractivity contribution is 7.89. The third kappa shape index (κ3) is 4.65. The molecular weight excluding hydrogens is 317 g/mol. The molecule has 1 aromatic rings. The monoisotopic (exact) mass is 328 g/mol. The predicted molar refractivity (Wildman–Crippen MR) is 63.1 cm³/mol. The molecule has 7 nitrogen and oxygen atoms in total. The van der Waals surface area contributed by atoms with Gasteiger partial charge in [-0.05, 0) is 12.1 Å². The standard InChI is InChI=1S/C10H11F3N2O5S/c11-10(12,13)6-15(3-4-16)21(19,20)8-2-1-7(5-14-8)9(17)18/h1-2,5,16H,3-4,6H2,(H,17,18). The predicted octanol–water partition coefficient (Wildman–Crippen LogP) is 0.325. The molecule has 1 rings (SSSR count). The van der Waals surface area contributed by atoms with Crippen molar-refractivity contribution in [2.75, 3.05) is 19.7 Å². The Morgan fingerprint density at radius 1 is 1.33 bits per heavy atom. The Bertz CT molecular complexity index is 600. The molecule has 11 heteroatoms. The lowest BCUT2D eigenvalue weighted by molar-refractivity contribution is -0.136. The van der Waals surface area contributed by atoms with Gasteiger partial charge >= 0.3 is 12.1 Å². The second kappa shape index (κ2) is 6.37. The summed E-state index contributed by atoms with van der Waals surface area (Å²) >= 11 is 0. The molecule has 0 amide bonds. The molecule has 0 aliphatic heterocycles. The molecule has 0 spiro atoms. The highest BCUT2D eigenvalue weighted by Gasteiger charge is 2.37. The zero-order valence-electron chi connectivity index (χ0n) is 10.4. The number of carboxylic acids is 1. The molecule has 118 valence electrons. The van der Waals surface area contributed by atoms with Gasteiger partial charge in [0.05, 0.1) is 12.2 Å². The third-order valence-electron chi connectivity index (χ3n) is 2.29. The van der Waals surface area contributed by atoms with Gasteiger partial charge in [0, 0.05) is 12.7 Å². The summed E-state index contributed by atoms with van der Waals surface area (Å²) in [7, 11) is -4.59. The highest BCUT2D eigenvalue weighted by atomic mass is 32.2. The molecule has 0 aliphatic carbocycles. The Labute approximate surface area is 117 Å². The summed E-state index contributed by atoms with van der Waals surface area (Å²) in [5.74, 6) is -1.35. The van der Waals surface area contributed by atoms with E-state index in [4.69, 9.17) is 10.2 Å². The van der Waals surface area contributed by atoms with E-state index >= 15 is 0 Å². The number of halogens is 3. The van der Waals surface area contributed by atoms with Crippen molar-refractivity contribution in [3.63, 3.8) is 0 Å². The minimum atomic E-state index is -4.79. The summed E-state index contributed by atoms with van der Waals surface area (Å²) in [5.41, 5.74) is -0.307. The number of aliphatic hydroxyl groups is 1. The lowest BCUT2D eigenvalue weighted by atomic mass is 10.3. The number of nitrogens with zero attached hydrogens (tertiary/aromatic N) is 2. The van der Waals surface area contributed by atoms with Gasteiger partial charge in [0.15, 0.2) is 5.03 Å². The number of hydrogen-bond donors (Lipinski definition) is 2. The normalized spacial score (nSPS) is 12.6. The van der Waals surface area contributed by atoms with Crippen molar-refractivity contribution >= 4 is 16.0 Å². The van der Waals surface area contributed by atoms with Gasteiger partial charge in [-0.15, -0.1) is 0 Å². The van der Waals surface area contributed by atoms with Crippen LogP contribution in [-0.4, -0.2) is 59.8 Å². The number of pyridine rings is 1. The minimum absolute atomic E-state index is 0.0236. The highest BCUT2D eigenvalue weighted by Crippen LogP contribution is 2.21. The van der Waals surface area contributed by atoms with Crippen molar-refractivity contribution in [3.8, 4) is 0 Å². The van der Waals surface area contributed by atoms with Crippen LogP contribution < -0.4 is 0 Å². The third-order valence-corrected chi connectivity index (χ3v) is 4.05. The summed E-state index contributed by atoms with van der Waals surface area (Å²) in [6.45, 7) is -3.34. The van der Waals surface area contributed by atoms with E-state index in [0.717, 1.165) is 18.3 Å². The zero-order valence-corrected chi connectivity index (χ0v) is 11.2. The van der Waals surface area contributed by atoms with E-state index in [1.165, 1.54) is 0 Å². The summed E-state index contributed by atoms with van der Waals surface area (Å²) < 4.78 is 61.1. The minimum Gasteiger partial charge on any atom is -0.478 e. The second-order valence-electron chi connectivity index (χ2n) is 3.87. The van der Waals surface area contributed by atoms with Crippen LogP contribution in [0.3, 0.4) is 0 Å². The lowest BCUT2D eigenvalue weighted by Gasteiger charge is -2.21. The molecule has 0 fully saturated rings. The average molecular weight is 328 g/mol. The fourth-order valence-corrected chi connectivity index (χ4v) is 2.72. The number of rotatable bonds is 6. The number of aliphatic hydroxyl groups excluding tert-OH is 1. The summed E-state index contributed by atoms with van der Waals surface area (Å²) in [6, 6.07) is 1.70. The first-order valence-electron chi connectivity index (χ1n) is 5.45. The van der Waals surface area contributed by atoms with E-state index in [2.05, 4.69) is 4.98 Å². The molecule has 0 saturated heterocycles. The van der Waals surface area contributed by atoms with Gasteiger partial charge in [-0.2, -0.15) is 17.5 Å². The van der Waals surface area contributed by atoms with Gasteiger partial charge in [0.25, 0.3) is 10.0 Å². The van der Waals surface area contributed by atoms with E-state index in [1.54, 1.807) is 0 Å². The largest absolute Gasteiger partial charge is 0.478 e. The first kappa shape index (κ1) is 17.3. The van der Waals surface area contributed by atoms with Crippen LogP contribution in [0, 0.1) is 0 Å². The van der Waals surface area contributed by atoms with E-state index in [1.807, 2.05) is 0 Å². The van der Waals surface area contributed by atoms with Crippen LogP contribution in [0.25, 0.3) is 0 Å². The van der Waals surface area contributed by atoms with Crippen LogP contribution in [0.4, 0.5) is 13.2 Å². The molecule has 1 heterocycles. The summed E-state index contributed by atoms with van der Waals surface area (Å²) in [6.07, 6.45) is -4.07. The average Bonchev–Trinajstić information content (AvgIpc) is 2.36. The molecule has 1 aromatic heterocycles. The van der Waals surface area contributed by atoms with Gasteiger partial charge in [-0.1, -0.05) is 0 Å². The summed E-state index contributed by atoms with van der Waals surface area (Å²) in [4.78, 5) is 13.9. The number of hydrogen-bond acceptors (Lipinski definition) is 5.